The number of benzene rings is 1. The number of halogens is 2. The number of pyridine rings is 1. The summed E-state index contributed by atoms with van der Waals surface area (Å²) in [5.74, 6) is 0. The maximum Gasteiger partial charge on any atom is 0.0643 e. The van der Waals surface area contributed by atoms with Crippen LogP contribution in [-0.4, -0.2) is 12.0 Å². The number of aromatic nitrogens is 1. The monoisotopic (exact) mass is 280 g/mol. The third-order valence-corrected chi connectivity index (χ3v) is 3.64. The van der Waals surface area contributed by atoms with E-state index in [1.165, 1.54) is 0 Å². The topological polar surface area (TPSA) is 24.9 Å². The summed E-state index contributed by atoms with van der Waals surface area (Å²) in [7, 11) is 1.89. The van der Waals surface area contributed by atoms with Crippen molar-refractivity contribution in [2.75, 3.05) is 7.05 Å². The molecule has 0 aliphatic heterocycles. The van der Waals surface area contributed by atoms with Gasteiger partial charge in [0.25, 0.3) is 0 Å². The standard InChI is InChI=1S/C14H14Cl2N2/c1-9-6-10(8-18-7-9)14(17-2)11-4-3-5-12(15)13(11)16/h3-8,14,17H,1-2H3. The van der Waals surface area contributed by atoms with E-state index in [-0.39, 0.29) is 6.04 Å². The summed E-state index contributed by atoms with van der Waals surface area (Å²) >= 11 is 12.3. The number of rotatable bonds is 3. The highest BCUT2D eigenvalue weighted by Crippen LogP contribution is 2.32. The zero-order valence-electron chi connectivity index (χ0n) is 10.2. The highest BCUT2D eigenvalue weighted by Gasteiger charge is 2.16. The van der Waals surface area contributed by atoms with E-state index in [9.17, 15) is 0 Å². The Morgan fingerprint density at radius 1 is 1.22 bits per heavy atom. The van der Waals surface area contributed by atoms with Crippen molar-refractivity contribution in [1.82, 2.24) is 10.3 Å². The molecule has 0 amide bonds. The third kappa shape index (κ3) is 2.66. The molecule has 1 heterocycles. The molecule has 0 saturated carbocycles. The fourth-order valence-corrected chi connectivity index (χ4v) is 2.40. The quantitative estimate of drug-likeness (QED) is 0.919. The largest absolute Gasteiger partial charge is 0.309 e. The number of nitrogens with one attached hydrogen (secondary N) is 1. The predicted molar refractivity (Wildman–Crippen MR) is 76.3 cm³/mol. The Bertz CT molecular complexity index is 555. The van der Waals surface area contributed by atoms with Crippen molar-refractivity contribution in [3.8, 4) is 0 Å². The van der Waals surface area contributed by atoms with E-state index in [4.69, 9.17) is 23.2 Å². The van der Waals surface area contributed by atoms with Gasteiger partial charge in [0.2, 0.25) is 0 Å². The molecule has 2 rings (SSSR count). The minimum Gasteiger partial charge on any atom is -0.309 e. The molecule has 1 N–H and O–H groups in total. The van der Waals surface area contributed by atoms with Crippen LogP contribution in [0.1, 0.15) is 22.7 Å². The molecule has 0 spiro atoms. The van der Waals surface area contributed by atoms with E-state index in [2.05, 4.69) is 16.4 Å². The van der Waals surface area contributed by atoms with Gasteiger partial charge in [0.15, 0.2) is 0 Å². The molecule has 0 saturated heterocycles. The first-order chi connectivity index (χ1) is 8.63. The molecule has 0 aliphatic carbocycles. The van der Waals surface area contributed by atoms with E-state index in [0.717, 1.165) is 16.7 Å². The van der Waals surface area contributed by atoms with Crippen molar-refractivity contribution >= 4 is 23.2 Å². The maximum absolute atomic E-state index is 6.26. The van der Waals surface area contributed by atoms with Crippen molar-refractivity contribution in [3.05, 3.63) is 63.4 Å². The van der Waals surface area contributed by atoms with E-state index < -0.39 is 0 Å². The first kappa shape index (κ1) is 13.3. The summed E-state index contributed by atoms with van der Waals surface area (Å²) in [6.45, 7) is 2.02. The van der Waals surface area contributed by atoms with Gasteiger partial charge >= 0.3 is 0 Å². The molecular formula is C14H14Cl2N2. The van der Waals surface area contributed by atoms with Gasteiger partial charge in [-0.1, -0.05) is 41.4 Å². The smallest absolute Gasteiger partial charge is 0.0643 e. The maximum atomic E-state index is 6.26. The fraction of sp³-hybridized carbons (Fsp3) is 0.214. The summed E-state index contributed by atoms with van der Waals surface area (Å²) in [5.41, 5.74) is 3.15. The van der Waals surface area contributed by atoms with Gasteiger partial charge in [0, 0.05) is 12.4 Å². The molecule has 1 atom stereocenters. The normalized spacial score (nSPS) is 12.4. The molecule has 0 fully saturated rings. The first-order valence-electron chi connectivity index (χ1n) is 5.66. The fourth-order valence-electron chi connectivity index (χ4n) is 1.98. The lowest BCUT2D eigenvalue weighted by Gasteiger charge is -2.19. The van der Waals surface area contributed by atoms with Gasteiger partial charge < -0.3 is 5.32 Å². The Labute approximate surface area is 117 Å². The average Bonchev–Trinajstić information content (AvgIpc) is 2.35. The summed E-state index contributed by atoms with van der Waals surface area (Å²) in [6.07, 6.45) is 3.67. The van der Waals surface area contributed by atoms with Crippen LogP contribution in [-0.2, 0) is 0 Å². The van der Waals surface area contributed by atoms with Crippen molar-refractivity contribution in [3.63, 3.8) is 0 Å². The van der Waals surface area contributed by atoms with Gasteiger partial charge in [0.05, 0.1) is 16.1 Å². The predicted octanol–water partition coefficient (Wildman–Crippen LogP) is 4.01. The average molecular weight is 281 g/mol. The second-order valence-corrected chi connectivity index (χ2v) is 4.95. The lowest BCUT2D eigenvalue weighted by Crippen LogP contribution is -2.18. The Morgan fingerprint density at radius 3 is 2.67 bits per heavy atom. The molecule has 1 aromatic heterocycles. The Morgan fingerprint density at radius 2 is 2.00 bits per heavy atom. The molecule has 94 valence electrons. The zero-order chi connectivity index (χ0) is 13.1. The van der Waals surface area contributed by atoms with Crippen molar-refractivity contribution in [2.45, 2.75) is 13.0 Å². The molecule has 4 heteroatoms. The summed E-state index contributed by atoms with van der Waals surface area (Å²) < 4.78 is 0. The van der Waals surface area contributed by atoms with Gasteiger partial charge in [-0.15, -0.1) is 0 Å². The lowest BCUT2D eigenvalue weighted by molar-refractivity contribution is 0.688. The Kier molecular flexibility index (Phi) is 4.23. The number of nitrogens with zero attached hydrogens (tertiary/aromatic N) is 1. The highest BCUT2D eigenvalue weighted by atomic mass is 35.5. The van der Waals surface area contributed by atoms with Gasteiger partial charge in [-0.25, -0.2) is 0 Å². The van der Waals surface area contributed by atoms with E-state index in [0.29, 0.717) is 10.0 Å². The van der Waals surface area contributed by atoms with Crippen LogP contribution < -0.4 is 5.32 Å². The molecular weight excluding hydrogens is 267 g/mol. The van der Waals surface area contributed by atoms with Crippen molar-refractivity contribution in [1.29, 1.82) is 0 Å². The van der Waals surface area contributed by atoms with E-state index in [1.54, 1.807) is 6.07 Å². The van der Waals surface area contributed by atoms with Crippen LogP contribution in [0.3, 0.4) is 0 Å². The summed E-state index contributed by atoms with van der Waals surface area (Å²) in [6, 6.07) is 7.73. The van der Waals surface area contributed by atoms with Crippen molar-refractivity contribution < 1.29 is 0 Å². The second kappa shape index (κ2) is 5.70. The molecule has 2 aromatic rings. The molecule has 1 aromatic carbocycles. The van der Waals surface area contributed by atoms with Crippen LogP contribution in [0.4, 0.5) is 0 Å². The molecule has 18 heavy (non-hydrogen) atoms. The second-order valence-electron chi connectivity index (χ2n) is 4.16. The Balaban J connectivity index is 2.49. The first-order valence-corrected chi connectivity index (χ1v) is 6.42. The van der Waals surface area contributed by atoms with Crippen LogP contribution >= 0.6 is 23.2 Å². The minimum absolute atomic E-state index is 0.0106. The Hall–Kier alpha value is -1.09. The molecule has 0 bridgehead atoms. The van der Waals surface area contributed by atoms with Gasteiger partial charge in [-0.2, -0.15) is 0 Å². The highest BCUT2D eigenvalue weighted by molar-refractivity contribution is 6.42. The lowest BCUT2D eigenvalue weighted by atomic mass is 9.99. The molecule has 1 unspecified atom stereocenters. The number of aryl methyl sites for hydroxylation is 1. The van der Waals surface area contributed by atoms with Gasteiger partial charge in [0.1, 0.15) is 0 Å². The zero-order valence-corrected chi connectivity index (χ0v) is 11.8. The summed E-state index contributed by atoms with van der Waals surface area (Å²) in [4.78, 5) is 4.21. The van der Waals surface area contributed by atoms with Gasteiger partial charge in [-0.3, -0.25) is 4.98 Å². The summed E-state index contributed by atoms with van der Waals surface area (Å²) in [5, 5.41) is 4.40. The molecule has 2 nitrogen and oxygen atoms in total. The van der Waals surface area contributed by atoms with Gasteiger partial charge in [-0.05, 0) is 36.7 Å². The number of hydrogen-bond donors (Lipinski definition) is 1. The van der Waals surface area contributed by atoms with Crippen LogP contribution in [0.5, 0.6) is 0 Å². The molecule has 0 aliphatic rings. The van der Waals surface area contributed by atoms with Crippen molar-refractivity contribution in [2.24, 2.45) is 0 Å². The van der Waals surface area contributed by atoms with E-state index >= 15 is 0 Å². The van der Waals surface area contributed by atoms with Crippen LogP contribution in [0.15, 0.2) is 36.7 Å². The molecule has 0 radical (unpaired) electrons. The third-order valence-electron chi connectivity index (χ3n) is 2.81. The SMILES string of the molecule is CNC(c1cncc(C)c1)c1cccc(Cl)c1Cl. The van der Waals surface area contributed by atoms with Crippen LogP contribution in [0.2, 0.25) is 10.0 Å². The van der Waals surface area contributed by atoms with Crippen LogP contribution in [0.25, 0.3) is 0 Å². The number of hydrogen-bond acceptors (Lipinski definition) is 2. The van der Waals surface area contributed by atoms with E-state index in [1.807, 2.05) is 38.5 Å². The minimum atomic E-state index is -0.0106. The van der Waals surface area contributed by atoms with Crippen LogP contribution in [0, 0.1) is 6.92 Å².